The van der Waals surface area contributed by atoms with Crippen molar-refractivity contribution in [2.45, 2.75) is 0 Å². The van der Waals surface area contributed by atoms with Gasteiger partial charge in [-0.1, -0.05) is 23.7 Å². The van der Waals surface area contributed by atoms with Gasteiger partial charge >= 0.3 is 0 Å². The minimum absolute atomic E-state index is 0.00207. The smallest absolute Gasteiger partial charge is 0.273 e. The first-order valence-corrected chi connectivity index (χ1v) is 10.0. The Balaban J connectivity index is 1.41. The lowest BCUT2D eigenvalue weighted by molar-refractivity contribution is 0.0741. The summed E-state index contributed by atoms with van der Waals surface area (Å²) in [5.41, 5.74) is 0.530. The third-order valence-electron chi connectivity index (χ3n) is 4.05. The molecule has 0 aromatic carbocycles. The molecule has 0 spiro atoms. The third-order valence-corrected chi connectivity index (χ3v) is 6.14. The Hall–Kier alpha value is -1.96. The first kappa shape index (κ1) is 16.5. The Morgan fingerprint density at radius 2 is 1.88 bits per heavy atom. The maximum absolute atomic E-state index is 12.7. The minimum Gasteiger partial charge on any atom is -0.353 e. The van der Waals surface area contributed by atoms with Crippen LogP contribution in [0.3, 0.4) is 0 Å². The lowest BCUT2D eigenvalue weighted by Crippen LogP contribution is -2.49. The SMILES string of the molecule is O=C(c1csc(-c2cccs2)n1)N1CCN(c2cccc(Cl)n2)CC1. The second-order valence-corrected chi connectivity index (χ2v) is 7.81. The number of carbonyl (C=O) groups is 1. The Morgan fingerprint density at radius 3 is 2.60 bits per heavy atom. The predicted octanol–water partition coefficient (Wildman–Crippen LogP) is 3.88. The molecular weight excluding hydrogens is 376 g/mol. The molecule has 128 valence electrons. The van der Waals surface area contributed by atoms with E-state index in [0.717, 1.165) is 28.8 Å². The van der Waals surface area contributed by atoms with Crippen LogP contribution >= 0.6 is 34.3 Å². The monoisotopic (exact) mass is 390 g/mol. The number of halogens is 1. The zero-order valence-electron chi connectivity index (χ0n) is 13.3. The molecule has 0 N–H and O–H groups in total. The van der Waals surface area contributed by atoms with Gasteiger partial charge in [-0.2, -0.15) is 0 Å². The number of thiazole rings is 1. The number of amides is 1. The molecule has 1 saturated heterocycles. The number of nitrogens with zero attached hydrogens (tertiary/aromatic N) is 4. The molecule has 0 bridgehead atoms. The highest BCUT2D eigenvalue weighted by Crippen LogP contribution is 2.28. The van der Waals surface area contributed by atoms with Crippen molar-refractivity contribution >= 4 is 46.0 Å². The highest BCUT2D eigenvalue weighted by atomic mass is 35.5. The molecule has 1 aliphatic heterocycles. The van der Waals surface area contributed by atoms with Crippen LogP contribution < -0.4 is 4.90 Å². The van der Waals surface area contributed by atoms with E-state index in [-0.39, 0.29) is 5.91 Å². The van der Waals surface area contributed by atoms with Gasteiger partial charge in [-0.3, -0.25) is 4.79 Å². The molecule has 0 radical (unpaired) electrons. The number of piperazine rings is 1. The van der Waals surface area contributed by atoms with Crippen LogP contribution in [0.15, 0.2) is 41.1 Å². The van der Waals surface area contributed by atoms with Crippen LogP contribution in [0.1, 0.15) is 10.5 Å². The minimum atomic E-state index is -0.00207. The number of carbonyl (C=O) groups excluding carboxylic acids is 1. The largest absolute Gasteiger partial charge is 0.353 e. The average molecular weight is 391 g/mol. The summed E-state index contributed by atoms with van der Waals surface area (Å²) in [6.07, 6.45) is 0. The van der Waals surface area contributed by atoms with Gasteiger partial charge < -0.3 is 9.80 Å². The molecule has 4 rings (SSSR count). The van der Waals surface area contributed by atoms with Gasteiger partial charge in [0.2, 0.25) is 0 Å². The molecule has 3 aromatic rings. The fourth-order valence-electron chi connectivity index (χ4n) is 2.76. The van der Waals surface area contributed by atoms with Crippen LogP contribution in [0.2, 0.25) is 5.15 Å². The van der Waals surface area contributed by atoms with E-state index in [4.69, 9.17) is 11.6 Å². The molecule has 8 heteroatoms. The molecule has 0 saturated carbocycles. The number of anilines is 1. The second-order valence-electron chi connectivity index (χ2n) is 5.61. The molecule has 0 unspecified atom stereocenters. The molecule has 1 fully saturated rings. The van der Waals surface area contributed by atoms with Gasteiger partial charge in [-0.05, 0) is 23.6 Å². The maximum atomic E-state index is 12.7. The van der Waals surface area contributed by atoms with Crippen LogP contribution in [0, 0.1) is 0 Å². The molecule has 0 aliphatic carbocycles. The highest BCUT2D eigenvalue weighted by Gasteiger charge is 2.24. The number of hydrogen-bond donors (Lipinski definition) is 0. The second kappa shape index (κ2) is 7.11. The normalized spacial score (nSPS) is 14.8. The number of hydrogen-bond acceptors (Lipinski definition) is 6. The Kier molecular flexibility index (Phi) is 4.70. The van der Waals surface area contributed by atoms with Gasteiger partial charge in [0.1, 0.15) is 21.7 Å². The van der Waals surface area contributed by atoms with Crippen LogP contribution in [0.5, 0.6) is 0 Å². The van der Waals surface area contributed by atoms with Gasteiger partial charge in [-0.15, -0.1) is 22.7 Å². The molecule has 1 amide bonds. The van der Waals surface area contributed by atoms with Crippen molar-refractivity contribution in [1.29, 1.82) is 0 Å². The van der Waals surface area contributed by atoms with Crippen LogP contribution in [0.25, 0.3) is 9.88 Å². The van der Waals surface area contributed by atoms with Crippen molar-refractivity contribution < 1.29 is 4.79 Å². The Labute approximate surface area is 158 Å². The molecule has 1 aliphatic rings. The summed E-state index contributed by atoms with van der Waals surface area (Å²) in [6, 6.07) is 9.61. The topological polar surface area (TPSA) is 49.3 Å². The summed E-state index contributed by atoms with van der Waals surface area (Å²) in [6.45, 7) is 2.78. The van der Waals surface area contributed by atoms with E-state index in [1.165, 1.54) is 11.3 Å². The van der Waals surface area contributed by atoms with Gasteiger partial charge in [0.15, 0.2) is 0 Å². The van der Waals surface area contributed by atoms with Crippen molar-refractivity contribution in [2.24, 2.45) is 0 Å². The number of thiophene rings is 1. The zero-order valence-corrected chi connectivity index (χ0v) is 15.7. The summed E-state index contributed by atoms with van der Waals surface area (Å²) in [5, 5.41) is 5.25. The highest BCUT2D eigenvalue weighted by molar-refractivity contribution is 7.20. The van der Waals surface area contributed by atoms with Gasteiger partial charge in [0.25, 0.3) is 5.91 Å². The summed E-state index contributed by atoms with van der Waals surface area (Å²) in [4.78, 5) is 26.6. The fourth-order valence-corrected chi connectivity index (χ4v) is 4.53. The molecule has 3 aromatic heterocycles. The summed E-state index contributed by atoms with van der Waals surface area (Å²) in [7, 11) is 0. The zero-order chi connectivity index (χ0) is 17.2. The van der Waals surface area contributed by atoms with E-state index in [1.807, 2.05) is 39.9 Å². The first-order chi connectivity index (χ1) is 12.2. The van der Waals surface area contributed by atoms with Crippen molar-refractivity contribution in [2.75, 3.05) is 31.1 Å². The van der Waals surface area contributed by atoms with E-state index < -0.39 is 0 Å². The molecule has 4 heterocycles. The number of pyridine rings is 1. The third kappa shape index (κ3) is 3.53. The first-order valence-electron chi connectivity index (χ1n) is 7.87. The molecule has 25 heavy (non-hydrogen) atoms. The van der Waals surface area contributed by atoms with Gasteiger partial charge in [-0.25, -0.2) is 9.97 Å². The van der Waals surface area contributed by atoms with Crippen molar-refractivity contribution in [3.05, 3.63) is 51.9 Å². The average Bonchev–Trinajstić information content (AvgIpc) is 3.32. The Bertz CT molecular complexity index is 872. The quantitative estimate of drug-likeness (QED) is 0.637. The standard InChI is InChI=1S/C17H15ClN4OS2/c18-14-4-1-5-15(20-14)21-6-8-22(9-7-21)17(23)12-11-25-16(19-12)13-3-2-10-24-13/h1-5,10-11H,6-9H2. The molecular formula is C17H15ClN4OS2. The number of rotatable bonds is 3. The summed E-state index contributed by atoms with van der Waals surface area (Å²) >= 11 is 9.11. The summed E-state index contributed by atoms with van der Waals surface area (Å²) < 4.78 is 0. The molecule has 0 atom stereocenters. The van der Waals surface area contributed by atoms with E-state index >= 15 is 0 Å². The van der Waals surface area contributed by atoms with E-state index in [9.17, 15) is 4.79 Å². The lowest BCUT2D eigenvalue weighted by Gasteiger charge is -2.35. The molecule has 5 nitrogen and oxygen atoms in total. The van der Waals surface area contributed by atoms with Crippen molar-refractivity contribution in [3.8, 4) is 9.88 Å². The van der Waals surface area contributed by atoms with Gasteiger partial charge in [0, 0.05) is 31.6 Å². The maximum Gasteiger partial charge on any atom is 0.273 e. The van der Waals surface area contributed by atoms with Crippen molar-refractivity contribution in [1.82, 2.24) is 14.9 Å². The van der Waals surface area contributed by atoms with Crippen LogP contribution in [-0.4, -0.2) is 47.0 Å². The Morgan fingerprint density at radius 1 is 1.04 bits per heavy atom. The van der Waals surface area contributed by atoms with E-state index in [1.54, 1.807) is 17.4 Å². The van der Waals surface area contributed by atoms with Gasteiger partial charge in [0.05, 0.1) is 4.88 Å². The van der Waals surface area contributed by atoms with Crippen molar-refractivity contribution in [3.63, 3.8) is 0 Å². The fraction of sp³-hybridized carbons (Fsp3) is 0.235. The summed E-state index contributed by atoms with van der Waals surface area (Å²) in [5.74, 6) is 0.853. The predicted molar refractivity (Wildman–Crippen MR) is 103 cm³/mol. The van der Waals surface area contributed by atoms with Crippen LogP contribution in [0.4, 0.5) is 5.82 Å². The van der Waals surface area contributed by atoms with E-state index in [2.05, 4.69) is 14.9 Å². The number of aromatic nitrogens is 2. The van der Waals surface area contributed by atoms with Crippen LogP contribution in [-0.2, 0) is 0 Å². The lowest BCUT2D eigenvalue weighted by atomic mass is 10.2. The van der Waals surface area contributed by atoms with E-state index in [0.29, 0.717) is 23.9 Å².